The van der Waals surface area contributed by atoms with Gasteiger partial charge in [0.2, 0.25) is 5.91 Å². The Morgan fingerprint density at radius 1 is 1.11 bits per heavy atom. The normalized spacial score (nSPS) is 15.4. The van der Waals surface area contributed by atoms with E-state index in [2.05, 4.69) is 34.5 Å². The number of anilines is 1. The minimum atomic E-state index is -0.0733. The van der Waals surface area contributed by atoms with Gasteiger partial charge in [-0.15, -0.1) is 0 Å². The van der Waals surface area contributed by atoms with E-state index >= 15 is 0 Å². The molecule has 0 bridgehead atoms. The highest BCUT2D eigenvalue weighted by atomic mass is 35.5. The second-order valence-electron chi connectivity index (χ2n) is 6.70. The highest BCUT2D eigenvalue weighted by Crippen LogP contribution is 2.36. The summed E-state index contributed by atoms with van der Waals surface area (Å²) in [5.74, 6) is 1.51. The third-order valence-electron chi connectivity index (χ3n) is 4.97. The van der Waals surface area contributed by atoms with Crippen molar-refractivity contribution in [2.24, 2.45) is 0 Å². The minimum Gasteiger partial charge on any atom is -0.495 e. The van der Waals surface area contributed by atoms with Gasteiger partial charge in [-0.3, -0.25) is 9.69 Å². The fraction of sp³-hybridized carbons (Fsp3) is 0.381. The van der Waals surface area contributed by atoms with Crippen molar-refractivity contribution in [1.29, 1.82) is 0 Å². The van der Waals surface area contributed by atoms with Crippen molar-refractivity contribution in [3.05, 3.63) is 53.1 Å². The van der Waals surface area contributed by atoms with E-state index in [1.54, 1.807) is 19.2 Å². The Kier molecular flexibility index (Phi) is 6.58. The molecule has 0 aromatic heterocycles. The molecule has 6 heteroatoms. The van der Waals surface area contributed by atoms with E-state index < -0.39 is 0 Å². The Hall–Kier alpha value is -2.24. The molecule has 0 saturated carbocycles. The van der Waals surface area contributed by atoms with Gasteiger partial charge in [-0.25, -0.2) is 0 Å². The third-order valence-corrected chi connectivity index (χ3v) is 5.27. The second kappa shape index (κ2) is 9.11. The van der Waals surface area contributed by atoms with Gasteiger partial charge in [-0.2, -0.15) is 0 Å². The number of piperidine rings is 1. The summed E-state index contributed by atoms with van der Waals surface area (Å²) in [5, 5.41) is 3.35. The molecule has 1 saturated heterocycles. The molecule has 1 fully saturated rings. The molecule has 0 aliphatic carbocycles. The molecule has 1 N–H and O–H groups in total. The molecule has 1 heterocycles. The van der Waals surface area contributed by atoms with Crippen molar-refractivity contribution in [3.63, 3.8) is 0 Å². The summed E-state index contributed by atoms with van der Waals surface area (Å²) in [6.07, 6.45) is 2.13. The first-order valence-corrected chi connectivity index (χ1v) is 9.47. The molecule has 0 unspecified atom stereocenters. The predicted molar refractivity (Wildman–Crippen MR) is 108 cm³/mol. The Bertz CT molecular complexity index is 774. The molecule has 5 nitrogen and oxygen atoms in total. The first-order valence-electron chi connectivity index (χ1n) is 9.09. The summed E-state index contributed by atoms with van der Waals surface area (Å²) in [6.45, 7) is 2.18. The Morgan fingerprint density at radius 3 is 2.41 bits per heavy atom. The fourth-order valence-electron chi connectivity index (χ4n) is 3.50. The molecule has 2 aromatic carbocycles. The Morgan fingerprint density at radius 2 is 1.78 bits per heavy atom. The zero-order chi connectivity index (χ0) is 19.2. The first kappa shape index (κ1) is 19.5. The maximum absolute atomic E-state index is 12.5. The number of rotatable bonds is 6. The van der Waals surface area contributed by atoms with Crippen molar-refractivity contribution >= 4 is 23.2 Å². The van der Waals surface area contributed by atoms with Crippen LogP contribution < -0.4 is 14.8 Å². The van der Waals surface area contributed by atoms with Crippen molar-refractivity contribution in [3.8, 4) is 11.5 Å². The summed E-state index contributed by atoms with van der Waals surface area (Å²) >= 11 is 6.11. The number of benzene rings is 2. The second-order valence-corrected chi connectivity index (χ2v) is 7.10. The number of carbonyl (C=O) groups excluding carboxylic acids is 1. The number of ether oxygens (including phenoxy) is 2. The van der Waals surface area contributed by atoms with Gasteiger partial charge in [0, 0.05) is 12.1 Å². The molecule has 0 spiro atoms. The maximum Gasteiger partial charge on any atom is 0.238 e. The Balaban J connectivity index is 1.56. The van der Waals surface area contributed by atoms with Crippen LogP contribution in [0.2, 0.25) is 5.02 Å². The van der Waals surface area contributed by atoms with Gasteiger partial charge < -0.3 is 14.8 Å². The van der Waals surface area contributed by atoms with E-state index in [-0.39, 0.29) is 5.91 Å². The van der Waals surface area contributed by atoms with E-state index in [1.807, 2.05) is 6.07 Å². The molecule has 2 aromatic rings. The van der Waals surface area contributed by atoms with Crippen molar-refractivity contribution in [1.82, 2.24) is 4.90 Å². The number of nitrogens with one attached hydrogen (secondary N) is 1. The van der Waals surface area contributed by atoms with Gasteiger partial charge in [0.15, 0.2) is 0 Å². The third kappa shape index (κ3) is 4.93. The van der Waals surface area contributed by atoms with Crippen LogP contribution in [0, 0.1) is 0 Å². The zero-order valence-electron chi connectivity index (χ0n) is 15.7. The lowest BCUT2D eigenvalue weighted by Crippen LogP contribution is -2.38. The highest BCUT2D eigenvalue weighted by molar-refractivity contribution is 6.32. The van der Waals surface area contributed by atoms with Crippen LogP contribution in [0.25, 0.3) is 0 Å². The van der Waals surface area contributed by atoms with Gasteiger partial charge in [-0.05, 0) is 37.4 Å². The monoisotopic (exact) mass is 388 g/mol. The number of nitrogens with zero attached hydrogens (tertiary/aromatic N) is 1. The quantitative estimate of drug-likeness (QED) is 0.806. The van der Waals surface area contributed by atoms with Crippen molar-refractivity contribution in [2.45, 2.75) is 18.8 Å². The Labute approximate surface area is 165 Å². The van der Waals surface area contributed by atoms with Crippen LogP contribution in [0.5, 0.6) is 11.5 Å². The predicted octanol–water partition coefficient (Wildman–Crippen LogP) is 4.18. The lowest BCUT2D eigenvalue weighted by molar-refractivity contribution is -0.117. The van der Waals surface area contributed by atoms with Crippen LogP contribution in [-0.2, 0) is 4.79 Å². The number of halogens is 1. The highest BCUT2D eigenvalue weighted by Gasteiger charge is 2.22. The molecule has 1 aliphatic heterocycles. The number of likely N-dealkylation sites (tertiary alicyclic amines) is 1. The van der Waals surface area contributed by atoms with E-state index in [1.165, 1.54) is 12.7 Å². The van der Waals surface area contributed by atoms with E-state index in [0.29, 0.717) is 34.7 Å². The minimum absolute atomic E-state index is 0.0733. The smallest absolute Gasteiger partial charge is 0.238 e. The topological polar surface area (TPSA) is 50.8 Å². The van der Waals surface area contributed by atoms with Crippen molar-refractivity contribution < 1.29 is 14.3 Å². The van der Waals surface area contributed by atoms with Gasteiger partial charge in [0.05, 0.1) is 31.5 Å². The van der Waals surface area contributed by atoms with Crippen molar-refractivity contribution in [2.75, 3.05) is 39.2 Å². The van der Waals surface area contributed by atoms with Crippen LogP contribution in [0.15, 0.2) is 42.5 Å². The van der Waals surface area contributed by atoms with E-state index in [0.717, 1.165) is 25.9 Å². The van der Waals surface area contributed by atoms with Crippen LogP contribution in [0.3, 0.4) is 0 Å². The lowest BCUT2D eigenvalue weighted by Gasteiger charge is -2.31. The van der Waals surface area contributed by atoms with E-state index in [9.17, 15) is 4.79 Å². The largest absolute Gasteiger partial charge is 0.495 e. The average molecular weight is 389 g/mol. The first-order chi connectivity index (χ1) is 13.1. The average Bonchev–Trinajstić information content (AvgIpc) is 2.70. The van der Waals surface area contributed by atoms with Crippen LogP contribution in [-0.4, -0.2) is 44.7 Å². The molecule has 3 rings (SSSR count). The summed E-state index contributed by atoms with van der Waals surface area (Å²) in [4.78, 5) is 14.7. The summed E-state index contributed by atoms with van der Waals surface area (Å²) in [6, 6.07) is 13.9. The molecule has 0 radical (unpaired) electrons. The van der Waals surface area contributed by atoms with Gasteiger partial charge in [0.1, 0.15) is 11.5 Å². The van der Waals surface area contributed by atoms with Gasteiger partial charge in [-0.1, -0.05) is 41.9 Å². The SMILES string of the molecule is COc1cc(NC(=O)CN2CCC(c3ccccc3)CC2)c(OC)cc1Cl. The molecule has 0 atom stereocenters. The molecular formula is C21H25ClN2O3. The summed E-state index contributed by atoms with van der Waals surface area (Å²) < 4.78 is 10.5. The lowest BCUT2D eigenvalue weighted by atomic mass is 9.89. The number of hydrogen-bond donors (Lipinski definition) is 1. The zero-order valence-corrected chi connectivity index (χ0v) is 16.5. The molecule has 1 aliphatic rings. The number of amides is 1. The molecule has 1 amide bonds. The van der Waals surface area contributed by atoms with Gasteiger partial charge in [0.25, 0.3) is 0 Å². The fourth-order valence-corrected chi connectivity index (χ4v) is 3.73. The number of methoxy groups -OCH3 is 2. The number of hydrogen-bond acceptors (Lipinski definition) is 4. The van der Waals surface area contributed by atoms with Crippen LogP contribution in [0.4, 0.5) is 5.69 Å². The summed E-state index contributed by atoms with van der Waals surface area (Å²) in [5.41, 5.74) is 1.95. The van der Waals surface area contributed by atoms with E-state index in [4.69, 9.17) is 21.1 Å². The maximum atomic E-state index is 12.5. The van der Waals surface area contributed by atoms with Gasteiger partial charge >= 0.3 is 0 Å². The standard InChI is InChI=1S/C21H25ClN2O3/c1-26-19-13-18(20(27-2)12-17(19)22)23-21(25)14-24-10-8-16(9-11-24)15-6-4-3-5-7-15/h3-7,12-13,16H,8-11,14H2,1-2H3,(H,23,25). The van der Waals surface area contributed by atoms with Crippen LogP contribution >= 0.6 is 11.6 Å². The van der Waals surface area contributed by atoms with Crippen LogP contribution in [0.1, 0.15) is 24.3 Å². The number of carbonyl (C=O) groups is 1. The molecule has 27 heavy (non-hydrogen) atoms. The molecular weight excluding hydrogens is 364 g/mol. The summed E-state index contributed by atoms with van der Waals surface area (Å²) in [7, 11) is 3.08. The molecule has 144 valence electrons.